The predicted molar refractivity (Wildman–Crippen MR) is 50.5 cm³/mol. The molecule has 0 fully saturated rings. The fourth-order valence-electron chi connectivity index (χ4n) is 1.81. The summed E-state index contributed by atoms with van der Waals surface area (Å²) >= 11 is 0. The van der Waals surface area contributed by atoms with Crippen molar-refractivity contribution in [1.29, 1.82) is 5.26 Å². The molecule has 1 aliphatic rings. The average Bonchev–Trinajstić information content (AvgIpc) is 2.06. The number of hydrogen-bond donors (Lipinski definition) is 0. The summed E-state index contributed by atoms with van der Waals surface area (Å²) in [6.07, 6.45) is 6.76. The molecule has 0 aromatic rings. The summed E-state index contributed by atoms with van der Waals surface area (Å²) in [7, 11) is 0. The molecule has 2 atom stereocenters. The molecule has 0 spiro atoms. The van der Waals surface area contributed by atoms with Gasteiger partial charge in [0, 0.05) is 6.42 Å². The molecule has 0 radical (unpaired) electrons. The van der Waals surface area contributed by atoms with E-state index in [1.807, 2.05) is 0 Å². The highest BCUT2D eigenvalue weighted by Crippen LogP contribution is 2.30. The molecular weight excluding hydrogens is 146 g/mol. The Labute approximate surface area is 75.1 Å². The number of hydrogen-bond acceptors (Lipinski definition) is 1. The second-order valence-electron chi connectivity index (χ2n) is 3.92. The molecule has 1 nitrogen and oxygen atoms in total. The minimum atomic E-state index is 0.583. The summed E-state index contributed by atoms with van der Waals surface area (Å²) in [5, 5.41) is 8.55. The Balaban J connectivity index is 2.41. The van der Waals surface area contributed by atoms with Crippen LogP contribution in [-0.4, -0.2) is 0 Å². The first-order valence-electron chi connectivity index (χ1n) is 4.76. The maximum Gasteiger partial charge on any atom is 0.0624 e. The van der Waals surface area contributed by atoms with Crippen LogP contribution < -0.4 is 0 Å². The molecule has 0 amide bonds. The third-order valence-electron chi connectivity index (χ3n) is 2.90. The van der Waals surface area contributed by atoms with Gasteiger partial charge in [0.2, 0.25) is 0 Å². The number of nitriles is 1. The molecule has 66 valence electrons. The lowest BCUT2D eigenvalue weighted by molar-refractivity contribution is 0.332. The van der Waals surface area contributed by atoms with E-state index >= 15 is 0 Å². The predicted octanol–water partition coefficient (Wildman–Crippen LogP) is 3.28. The lowest BCUT2D eigenvalue weighted by atomic mass is 9.81. The van der Waals surface area contributed by atoms with Crippen molar-refractivity contribution in [2.45, 2.75) is 39.5 Å². The van der Waals surface area contributed by atoms with Gasteiger partial charge in [-0.3, -0.25) is 0 Å². The largest absolute Gasteiger partial charge is 0.198 e. The first-order chi connectivity index (χ1) is 5.74. The van der Waals surface area contributed by atoms with E-state index < -0.39 is 0 Å². The maximum atomic E-state index is 8.55. The van der Waals surface area contributed by atoms with Crippen molar-refractivity contribution in [1.82, 2.24) is 0 Å². The molecule has 1 aliphatic carbocycles. The molecule has 0 aromatic heterocycles. The molecule has 0 saturated heterocycles. The van der Waals surface area contributed by atoms with Crippen LogP contribution >= 0.6 is 0 Å². The minimum absolute atomic E-state index is 0.583. The Morgan fingerprint density at radius 1 is 1.75 bits per heavy atom. The van der Waals surface area contributed by atoms with Crippen LogP contribution in [0.1, 0.15) is 39.5 Å². The summed E-state index contributed by atoms with van der Waals surface area (Å²) in [6.45, 7) is 4.40. The van der Waals surface area contributed by atoms with E-state index in [-0.39, 0.29) is 0 Å². The van der Waals surface area contributed by atoms with Gasteiger partial charge in [0.15, 0.2) is 0 Å². The van der Waals surface area contributed by atoms with Crippen LogP contribution in [0.5, 0.6) is 0 Å². The molecule has 0 heterocycles. The van der Waals surface area contributed by atoms with Crippen molar-refractivity contribution in [3.05, 3.63) is 11.6 Å². The fourth-order valence-corrected chi connectivity index (χ4v) is 1.81. The summed E-state index contributed by atoms with van der Waals surface area (Å²) in [4.78, 5) is 0. The molecule has 0 N–H and O–H groups in total. The van der Waals surface area contributed by atoms with Gasteiger partial charge in [-0.1, -0.05) is 18.6 Å². The third kappa shape index (κ3) is 2.37. The first-order valence-corrected chi connectivity index (χ1v) is 4.76. The van der Waals surface area contributed by atoms with Gasteiger partial charge in [-0.25, -0.2) is 0 Å². The second-order valence-corrected chi connectivity index (χ2v) is 3.92. The molecule has 0 aliphatic heterocycles. The summed E-state index contributed by atoms with van der Waals surface area (Å²) in [5.74, 6) is 1.34. The van der Waals surface area contributed by atoms with Crippen molar-refractivity contribution in [2.24, 2.45) is 11.8 Å². The van der Waals surface area contributed by atoms with Gasteiger partial charge in [-0.2, -0.15) is 5.26 Å². The smallest absolute Gasteiger partial charge is 0.0624 e. The minimum Gasteiger partial charge on any atom is -0.198 e. The van der Waals surface area contributed by atoms with Gasteiger partial charge < -0.3 is 0 Å². The van der Waals surface area contributed by atoms with Crippen LogP contribution in [0.4, 0.5) is 0 Å². The van der Waals surface area contributed by atoms with E-state index in [2.05, 4.69) is 26.0 Å². The van der Waals surface area contributed by atoms with Gasteiger partial charge in [-0.15, -0.1) is 0 Å². The van der Waals surface area contributed by atoms with E-state index in [0.717, 1.165) is 12.3 Å². The van der Waals surface area contributed by atoms with Crippen LogP contribution in [0.3, 0.4) is 0 Å². The topological polar surface area (TPSA) is 23.8 Å². The van der Waals surface area contributed by atoms with Crippen molar-refractivity contribution >= 4 is 0 Å². The van der Waals surface area contributed by atoms with Gasteiger partial charge in [0.25, 0.3) is 0 Å². The fraction of sp³-hybridized carbons (Fsp3) is 0.727. The normalized spacial score (nSPS) is 25.8. The third-order valence-corrected chi connectivity index (χ3v) is 2.90. The van der Waals surface area contributed by atoms with Gasteiger partial charge in [0.05, 0.1) is 6.07 Å². The molecule has 1 rings (SSSR count). The van der Waals surface area contributed by atoms with Crippen LogP contribution in [0.2, 0.25) is 0 Å². The Kier molecular flexibility index (Phi) is 3.34. The number of nitrogens with zero attached hydrogens (tertiary/aromatic N) is 1. The van der Waals surface area contributed by atoms with Crippen LogP contribution in [0.25, 0.3) is 0 Å². The SMILES string of the molecule is CC1=CC[C@H]([C@@H](C)CC#N)CC1. The van der Waals surface area contributed by atoms with E-state index in [0.29, 0.717) is 5.92 Å². The standard InChI is InChI=1S/C11H17N/c1-9-3-5-11(6-4-9)10(2)7-8-12/h3,10-11H,4-7H2,1-2H3/t10-,11-/m0/s1. The van der Waals surface area contributed by atoms with Crippen LogP contribution in [-0.2, 0) is 0 Å². The molecule has 0 bridgehead atoms. The zero-order valence-electron chi connectivity index (χ0n) is 8.01. The van der Waals surface area contributed by atoms with Crippen LogP contribution in [0.15, 0.2) is 11.6 Å². The molecule has 0 unspecified atom stereocenters. The van der Waals surface area contributed by atoms with E-state index in [4.69, 9.17) is 5.26 Å². The molecule has 0 aromatic carbocycles. The van der Waals surface area contributed by atoms with Gasteiger partial charge in [-0.05, 0) is 38.0 Å². The molecule has 12 heavy (non-hydrogen) atoms. The quantitative estimate of drug-likeness (QED) is 0.573. The van der Waals surface area contributed by atoms with Crippen molar-refractivity contribution in [3.8, 4) is 6.07 Å². The Bertz CT molecular complexity index is 210. The van der Waals surface area contributed by atoms with Crippen molar-refractivity contribution in [2.75, 3.05) is 0 Å². The number of rotatable bonds is 2. The highest BCUT2D eigenvalue weighted by atomic mass is 14.3. The van der Waals surface area contributed by atoms with Crippen LogP contribution in [0, 0.1) is 23.2 Å². The first kappa shape index (κ1) is 9.32. The summed E-state index contributed by atoms with van der Waals surface area (Å²) in [5.41, 5.74) is 1.52. The van der Waals surface area contributed by atoms with Crippen molar-refractivity contribution in [3.63, 3.8) is 0 Å². The van der Waals surface area contributed by atoms with Gasteiger partial charge in [0.1, 0.15) is 0 Å². The second kappa shape index (κ2) is 4.30. The Morgan fingerprint density at radius 2 is 2.50 bits per heavy atom. The Hall–Kier alpha value is -0.770. The highest BCUT2D eigenvalue weighted by molar-refractivity contribution is 5.03. The zero-order valence-corrected chi connectivity index (χ0v) is 8.01. The molecule has 1 heteroatoms. The summed E-state index contributed by atoms with van der Waals surface area (Å²) in [6, 6.07) is 2.26. The van der Waals surface area contributed by atoms with E-state index in [1.54, 1.807) is 0 Å². The summed E-state index contributed by atoms with van der Waals surface area (Å²) < 4.78 is 0. The molecule has 0 saturated carbocycles. The lowest BCUT2D eigenvalue weighted by Gasteiger charge is -2.24. The zero-order chi connectivity index (χ0) is 8.97. The molecular formula is C11H17N. The van der Waals surface area contributed by atoms with E-state index in [1.165, 1.54) is 24.8 Å². The monoisotopic (exact) mass is 163 g/mol. The number of allylic oxidation sites excluding steroid dienone is 2. The Morgan fingerprint density at radius 3 is 3.00 bits per heavy atom. The maximum absolute atomic E-state index is 8.55. The van der Waals surface area contributed by atoms with Gasteiger partial charge >= 0.3 is 0 Å². The van der Waals surface area contributed by atoms with E-state index in [9.17, 15) is 0 Å². The average molecular weight is 163 g/mol. The highest BCUT2D eigenvalue weighted by Gasteiger charge is 2.18. The lowest BCUT2D eigenvalue weighted by Crippen LogP contribution is -2.13. The van der Waals surface area contributed by atoms with Crippen molar-refractivity contribution < 1.29 is 0 Å².